The second kappa shape index (κ2) is 19.1. The van der Waals surface area contributed by atoms with Crippen molar-refractivity contribution in [3.05, 3.63) is 17.5 Å². The van der Waals surface area contributed by atoms with Crippen LogP contribution in [0.15, 0.2) is 6.07 Å². The van der Waals surface area contributed by atoms with Gasteiger partial charge in [0.15, 0.2) is 0 Å². The molecule has 0 aliphatic carbocycles. The predicted octanol–water partition coefficient (Wildman–Crippen LogP) is 1.72. The van der Waals surface area contributed by atoms with Gasteiger partial charge in [-0.15, -0.1) is 0 Å². The van der Waals surface area contributed by atoms with Gasteiger partial charge in [0, 0.05) is 18.2 Å². The van der Waals surface area contributed by atoms with E-state index >= 15 is 0 Å². The molecule has 1 aromatic rings. The van der Waals surface area contributed by atoms with Gasteiger partial charge in [-0.3, -0.25) is 23.9 Å². The van der Waals surface area contributed by atoms with Gasteiger partial charge < -0.3 is 36.8 Å². The maximum absolute atomic E-state index is 13.4. The minimum absolute atomic E-state index is 0.00793. The van der Waals surface area contributed by atoms with Crippen LogP contribution < -0.4 is 26.6 Å². The molecule has 1 aromatic heterocycles. The Morgan fingerprint density at radius 3 is 1.87 bits per heavy atom. The number of hydrogen-bond acceptors (Lipinski definition) is 7. The Hall–Kier alpha value is -3.68. The summed E-state index contributed by atoms with van der Waals surface area (Å²) in [6.45, 7) is 18.8. The second-order valence-corrected chi connectivity index (χ2v) is 13.6. The van der Waals surface area contributed by atoms with E-state index in [1.165, 1.54) is 0 Å². The number of aliphatic hydroxyl groups excluding tert-OH is 1. The van der Waals surface area contributed by atoms with Crippen LogP contribution in [0.5, 0.6) is 0 Å². The number of rotatable bonds is 19. The van der Waals surface area contributed by atoms with Crippen LogP contribution in [0, 0.1) is 43.4 Å². The molecule has 0 aliphatic heterocycles. The van der Waals surface area contributed by atoms with Crippen molar-refractivity contribution in [2.75, 3.05) is 13.1 Å². The average Bonchev–Trinajstić information content (AvgIpc) is 3.26. The van der Waals surface area contributed by atoms with E-state index < -0.39 is 66.4 Å². The number of nitrogens with one attached hydrogen (secondary N) is 5. The highest BCUT2D eigenvalue weighted by Gasteiger charge is 2.32. The molecule has 0 saturated heterocycles. The van der Waals surface area contributed by atoms with Crippen molar-refractivity contribution in [3.63, 3.8) is 0 Å². The third kappa shape index (κ3) is 14.2. The van der Waals surface area contributed by atoms with E-state index in [4.69, 9.17) is 0 Å². The minimum Gasteiger partial charge on any atom is -0.465 e. The highest BCUT2D eigenvalue weighted by molar-refractivity contribution is 5.89. The Bertz CT molecular complexity index is 1170. The van der Waals surface area contributed by atoms with Crippen LogP contribution in [0.4, 0.5) is 4.79 Å². The number of hydrogen-bond donors (Lipinski definition) is 7. The molecule has 0 aliphatic rings. The Kier molecular flexibility index (Phi) is 16.7. The fraction of sp³-hybridized carbons (Fsp3) is 0.750. The van der Waals surface area contributed by atoms with E-state index in [1.54, 1.807) is 18.5 Å². The molecule has 0 radical (unpaired) electrons. The SMILES string of the molecule is Cc1cc(C)n(CC(C)C(=O)NC(CNC(=O)O)C(=O)NC(CC(C)C)C(O)CC(C)C(=O)NC(C(=O)NCC(C)C)C(C)C)n1. The molecule has 1 rings (SSSR count). The van der Waals surface area contributed by atoms with Crippen LogP contribution in [0.3, 0.4) is 0 Å². The van der Waals surface area contributed by atoms with Crippen LogP contribution in [-0.2, 0) is 25.7 Å². The predicted molar refractivity (Wildman–Crippen MR) is 175 cm³/mol. The first-order valence-electron chi connectivity index (χ1n) is 16.2. The smallest absolute Gasteiger partial charge is 0.404 e. The van der Waals surface area contributed by atoms with Gasteiger partial charge in [0.1, 0.15) is 12.1 Å². The Balaban J connectivity index is 3.00. The quantitative estimate of drug-likeness (QED) is 0.117. The lowest BCUT2D eigenvalue weighted by molar-refractivity contribution is -0.133. The van der Waals surface area contributed by atoms with E-state index in [9.17, 15) is 34.2 Å². The molecule has 14 nitrogen and oxygen atoms in total. The molecule has 7 N–H and O–H groups in total. The summed E-state index contributed by atoms with van der Waals surface area (Å²) in [5, 5.41) is 37.9. The van der Waals surface area contributed by atoms with Crippen molar-refractivity contribution in [2.24, 2.45) is 29.6 Å². The first-order chi connectivity index (χ1) is 21.3. The zero-order chi connectivity index (χ0) is 35.3. The molecule has 0 bridgehead atoms. The number of carboxylic acid groups (broad SMARTS) is 1. The fourth-order valence-corrected chi connectivity index (χ4v) is 4.90. The molecule has 6 atom stereocenters. The van der Waals surface area contributed by atoms with Gasteiger partial charge in [-0.25, -0.2) is 4.79 Å². The van der Waals surface area contributed by atoms with Gasteiger partial charge in [0.25, 0.3) is 0 Å². The minimum atomic E-state index is -1.36. The number of carbonyl (C=O) groups excluding carboxylic acids is 4. The van der Waals surface area contributed by atoms with Crippen molar-refractivity contribution in [1.82, 2.24) is 36.4 Å². The molecule has 14 heteroatoms. The number of aromatic nitrogens is 2. The molecule has 262 valence electrons. The number of amides is 5. The standard InChI is InChI=1S/C32H57N7O7/c1-17(2)11-24(26(40)12-20(7)28(41)37-27(19(5)6)31(44)33-14-18(3)4)35-30(43)25(15-34-32(45)46)36-29(42)21(8)16-39-23(10)13-22(9)38-39/h13,17-21,24-27,34,40H,11-12,14-16H2,1-10H3,(H,33,44)(H,35,43)(H,36,42)(H,37,41)(H,45,46). The molecule has 1 heterocycles. The van der Waals surface area contributed by atoms with E-state index in [1.807, 2.05) is 61.5 Å². The third-order valence-electron chi connectivity index (χ3n) is 7.58. The lowest BCUT2D eigenvalue weighted by Gasteiger charge is -2.30. The van der Waals surface area contributed by atoms with E-state index in [0.717, 1.165) is 11.4 Å². The molecule has 46 heavy (non-hydrogen) atoms. The number of aryl methyl sites for hydroxylation is 2. The Morgan fingerprint density at radius 2 is 1.37 bits per heavy atom. The van der Waals surface area contributed by atoms with Crippen LogP contribution >= 0.6 is 0 Å². The zero-order valence-electron chi connectivity index (χ0n) is 29.1. The summed E-state index contributed by atoms with van der Waals surface area (Å²) in [5.41, 5.74) is 1.68. The van der Waals surface area contributed by atoms with Crippen LogP contribution in [-0.4, -0.2) is 87.0 Å². The molecular weight excluding hydrogens is 594 g/mol. The molecule has 0 aromatic carbocycles. The topological polar surface area (TPSA) is 204 Å². The maximum Gasteiger partial charge on any atom is 0.404 e. The monoisotopic (exact) mass is 651 g/mol. The maximum atomic E-state index is 13.4. The summed E-state index contributed by atoms with van der Waals surface area (Å²) in [7, 11) is 0. The van der Waals surface area contributed by atoms with Crippen molar-refractivity contribution >= 4 is 29.7 Å². The summed E-state index contributed by atoms with van der Waals surface area (Å²) in [6.07, 6.45) is -2.16. The Morgan fingerprint density at radius 1 is 0.761 bits per heavy atom. The van der Waals surface area contributed by atoms with Crippen LogP contribution in [0.2, 0.25) is 0 Å². The van der Waals surface area contributed by atoms with E-state index in [-0.39, 0.29) is 36.6 Å². The van der Waals surface area contributed by atoms with E-state index in [0.29, 0.717) is 13.0 Å². The normalized spacial score (nSPS) is 15.4. The number of aliphatic hydroxyl groups is 1. The summed E-state index contributed by atoms with van der Waals surface area (Å²) >= 11 is 0. The summed E-state index contributed by atoms with van der Waals surface area (Å²) in [4.78, 5) is 63.6. The van der Waals surface area contributed by atoms with Gasteiger partial charge in [0.2, 0.25) is 23.6 Å². The first kappa shape index (κ1) is 40.3. The third-order valence-corrected chi connectivity index (χ3v) is 7.58. The second-order valence-electron chi connectivity index (χ2n) is 13.6. The summed E-state index contributed by atoms with van der Waals surface area (Å²) in [6, 6.07) is -0.915. The van der Waals surface area contributed by atoms with Crippen molar-refractivity contribution in [2.45, 2.75) is 113 Å². The van der Waals surface area contributed by atoms with Crippen LogP contribution in [0.25, 0.3) is 0 Å². The highest BCUT2D eigenvalue weighted by atomic mass is 16.4. The van der Waals surface area contributed by atoms with Gasteiger partial charge in [0.05, 0.1) is 36.8 Å². The molecule has 5 amide bonds. The van der Waals surface area contributed by atoms with Gasteiger partial charge >= 0.3 is 6.09 Å². The highest BCUT2D eigenvalue weighted by Crippen LogP contribution is 2.17. The van der Waals surface area contributed by atoms with Crippen molar-refractivity contribution in [3.8, 4) is 0 Å². The number of nitrogens with zero attached hydrogens (tertiary/aromatic N) is 2. The Labute approximate surface area is 273 Å². The molecule has 0 saturated carbocycles. The summed E-state index contributed by atoms with van der Waals surface area (Å²) < 4.78 is 1.69. The largest absolute Gasteiger partial charge is 0.465 e. The van der Waals surface area contributed by atoms with Gasteiger partial charge in [-0.2, -0.15) is 5.10 Å². The molecular formula is C32H57N7O7. The van der Waals surface area contributed by atoms with Crippen molar-refractivity contribution in [1.29, 1.82) is 0 Å². The van der Waals surface area contributed by atoms with Crippen LogP contribution in [0.1, 0.15) is 79.6 Å². The molecule has 6 unspecified atom stereocenters. The van der Waals surface area contributed by atoms with Gasteiger partial charge in [-0.05, 0) is 50.5 Å². The molecule has 0 spiro atoms. The lowest BCUT2D eigenvalue weighted by atomic mass is 9.91. The lowest BCUT2D eigenvalue weighted by Crippen LogP contribution is -2.57. The van der Waals surface area contributed by atoms with E-state index in [2.05, 4.69) is 31.7 Å². The summed E-state index contributed by atoms with van der Waals surface area (Å²) in [5.74, 6) is -2.97. The van der Waals surface area contributed by atoms with Crippen molar-refractivity contribution < 1.29 is 34.2 Å². The zero-order valence-corrected chi connectivity index (χ0v) is 29.1. The fourth-order valence-electron chi connectivity index (χ4n) is 4.90. The van der Waals surface area contributed by atoms with Gasteiger partial charge in [-0.1, -0.05) is 55.4 Å². The molecule has 0 fully saturated rings. The average molecular weight is 652 g/mol. The number of carbonyl (C=O) groups is 5. The first-order valence-corrected chi connectivity index (χ1v) is 16.2.